The van der Waals surface area contributed by atoms with Crippen LogP contribution in [0, 0.1) is 52.0 Å². The Bertz CT molecular complexity index is 3200. The molecule has 8 aromatic carbocycles. The molecule has 0 nitrogen and oxygen atoms in total. The molecule has 0 fully saturated rings. The second kappa shape index (κ2) is 32.3. The van der Waals surface area contributed by atoms with Crippen molar-refractivity contribution in [1.82, 2.24) is 0 Å². The van der Waals surface area contributed by atoms with Crippen molar-refractivity contribution in [1.29, 1.82) is 0 Å². The maximum absolute atomic E-state index is 3.53. The fraction of sp³-hybridized carbons (Fsp3) is 0.300. The zero-order valence-corrected chi connectivity index (χ0v) is 62.5. The number of fused-ring (bicyclic) bond motifs is 6. The summed E-state index contributed by atoms with van der Waals surface area (Å²) < 4.78 is 0. The van der Waals surface area contributed by atoms with Crippen LogP contribution in [0.25, 0.3) is 22.3 Å². The van der Waals surface area contributed by atoms with Crippen LogP contribution in [0.4, 0.5) is 0 Å². The zero-order valence-electron chi connectivity index (χ0n) is 54.1. The van der Waals surface area contributed by atoms with Gasteiger partial charge in [0.05, 0.1) is 0 Å². The fourth-order valence-corrected chi connectivity index (χ4v) is 17.4. The fourth-order valence-electron chi connectivity index (χ4n) is 9.86. The minimum absolute atomic E-state index is 0. The molecule has 0 heterocycles. The van der Waals surface area contributed by atoms with Crippen LogP contribution in [0.2, 0.25) is 0 Å². The summed E-state index contributed by atoms with van der Waals surface area (Å²) in [5, 5.41) is 6.10. The molecule has 0 atom stereocenters. The Labute approximate surface area is 563 Å². The number of benzene rings is 8. The van der Waals surface area contributed by atoms with Crippen LogP contribution < -0.4 is 45.6 Å². The van der Waals surface area contributed by atoms with Gasteiger partial charge in [-0.25, -0.2) is 24.3 Å². The third kappa shape index (κ3) is 20.8. The first-order valence-corrected chi connectivity index (χ1v) is 40.3. The van der Waals surface area contributed by atoms with Gasteiger partial charge in [0, 0.05) is 0 Å². The molecule has 12 rings (SSSR count). The summed E-state index contributed by atoms with van der Waals surface area (Å²) in [5.41, 5.74) is 21.9. The second-order valence-corrected chi connectivity index (χ2v) is 38.1. The maximum Gasteiger partial charge on any atom is -0.109 e. The van der Waals surface area contributed by atoms with E-state index < -0.39 is 10.9 Å². The Kier molecular flexibility index (Phi) is 27.1. The van der Waals surface area contributed by atoms with Gasteiger partial charge in [-0.05, 0) is 34.8 Å². The quantitative estimate of drug-likeness (QED) is 0.122. The van der Waals surface area contributed by atoms with Crippen molar-refractivity contribution in [2.75, 3.05) is 0 Å². The minimum Gasteiger partial charge on any atom is -1.00 e. The first-order chi connectivity index (χ1) is 39.6. The molecule has 0 N–H and O–H groups in total. The Morgan fingerprint density at radius 3 is 0.837 bits per heavy atom. The van der Waals surface area contributed by atoms with Crippen LogP contribution in [0.5, 0.6) is 0 Å². The first-order valence-electron chi connectivity index (χ1n) is 29.9. The molecule has 0 bridgehead atoms. The van der Waals surface area contributed by atoms with E-state index in [9.17, 15) is 0 Å². The average molecular weight is 1360 g/mol. The largest absolute Gasteiger partial charge is 1.00 e. The molecule has 440 valence electrons. The van der Waals surface area contributed by atoms with E-state index in [2.05, 4.69) is 305 Å². The smallest absolute Gasteiger partial charge is 0.109 e. The molecule has 0 radical (unpaired) electrons. The van der Waals surface area contributed by atoms with Gasteiger partial charge in [0.25, 0.3) is 0 Å². The molecule has 0 aliphatic heterocycles. The number of aryl methyl sites for hydroxylation is 4. The summed E-state index contributed by atoms with van der Waals surface area (Å²) in [6, 6.07) is 66.2. The van der Waals surface area contributed by atoms with Crippen molar-refractivity contribution >= 4 is 31.6 Å². The van der Waals surface area contributed by atoms with Crippen LogP contribution in [-0.4, -0.2) is 10.9 Å². The Hall–Kier alpha value is -4.50. The van der Waals surface area contributed by atoms with E-state index in [0.29, 0.717) is 0 Å². The number of allylic oxidation sites excluding steroid dienone is 8. The molecular formula is C80H88Cl2Si2Zr2-2. The van der Waals surface area contributed by atoms with Crippen LogP contribution in [0.3, 0.4) is 0 Å². The molecule has 0 saturated carbocycles. The van der Waals surface area contributed by atoms with Crippen molar-refractivity contribution < 1.29 is 71.5 Å². The topological polar surface area (TPSA) is 0 Å². The Morgan fingerprint density at radius 2 is 0.616 bits per heavy atom. The van der Waals surface area contributed by atoms with Gasteiger partial charge in [0.2, 0.25) is 0 Å². The maximum atomic E-state index is 3.53. The van der Waals surface area contributed by atoms with E-state index in [4.69, 9.17) is 0 Å². The van der Waals surface area contributed by atoms with Gasteiger partial charge in [-0.3, -0.25) is 12.2 Å². The van der Waals surface area contributed by atoms with E-state index in [1.807, 2.05) is 24.3 Å². The third-order valence-electron chi connectivity index (χ3n) is 15.6. The predicted octanol–water partition coefficient (Wildman–Crippen LogP) is 11.8. The molecule has 86 heavy (non-hydrogen) atoms. The number of halogens is 2. The number of hydrogen-bond donors (Lipinski definition) is 0. The van der Waals surface area contributed by atoms with E-state index in [-0.39, 0.29) is 46.5 Å². The third-order valence-corrected chi connectivity index (χ3v) is 27.7. The van der Waals surface area contributed by atoms with Crippen molar-refractivity contribution in [3.8, 4) is 22.3 Å². The Balaban J connectivity index is 0.000000198. The summed E-state index contributed by atoms with van der Waals surface area (Å²) in [4.78, 5) is 0. The van der Waals surface area contributed by atoms with Crippen molar-refractivity contribution in [2.45, 2.75) is 158 Å². The number of hydrogen-bond acceptors (Lipinski definition) is 0. The molecule has 4 aliphatic rings. The van der Waals surface area contributed by atoms with E-state index in [0.717, 1.165) is 25.7 Å². The summed E-state index contributed by atoms with van der Waals surface area (Å²) in [6.07, 6.45) is 22.1. The van der Waals surface area contributed by atoms with Gasteiger partial charge in [-0.2, -0.15) is 70.8 Å². The predicted molar refractivity (Wildman–Crippen MR) is 360 cm³/mol. The Morgan fingerprint density at radius 1 is 0.349 bits per heavy atom. The van der Waals surface area contributed by atoms with Gasteiger partial charge in [-0.1, -0.05) is 153 Å². The van der Waals surface area contributed by atoms with E-state index in [1.54, 1.807) is 46.7 Å². The summed E-state index contributed by atoms with van der Waals surface area (Å²) in [7, 11) is 0. The summed E-state index contributed by atoms with van der Waals surface area (Å²) in [6.45, 7) is 35.9. The van der Waals surface area contributed by atoms with Crippen molar-refractivity contribution in [2.24, 2.45) is 0 Å². The SMILES string of the molecule is CC(C)(C)c1c[c-]c2c(c1)-c1cc(C(C)(C)C)ccc1C2.CC(C)(C)c1c[c-]c2c(c1)-c1cc(C(C)(C)C)ccc1C2.Cc1ccc([Si](=[Zr+2])c2ccc(C)cc2)cc1.Cc1ccc([Si](=[Zr+2])c2ccc(C)cc2)cc1.[C-]1=CC=CC1.[C-]1=CC=CC1.[Cl-].[Cl-]. The second-order valence-electron chi connectivity index (χ2n) is 26.9. The molecule has 8 aromatic rings. The monoisotopic (exact) mass is 1350 g/mol. The molecule has 6 heteroatoms. The minimum atomic E-state index is -0.488. The number of rotatable bonds is 4. The van der Waals surface area contributed by atoms with Crippen molar-refractivity contribution in [3.05, 3.63) is 285 Å². The van der Waals surface area contributed by atoms with Crippen molar-refractivity contribution in [3.63, 3.8) is 0 Å². The van der Waals surface area contributed by atoms with E-state index in [1.165, 1.54) is 110 Å². The summed E-state index contributed by atoms with van der Waals surface area (Å²) in [5.74, 6) is 0. The normalized spacial score (nSPS) is 12.7. The molecule has 4 aliphatic carbocycles. The van der Waals surface area contributed by atoms with Gasteiger partial charge < -0.3 is 24.8 Å². The van der Waals surface area contributed by atoms with Gasteiger partial charge in [0.1, 0.15) is 0 Å². The molecule has 0 spiro atoms. The van der Waals surface area contributed by atoms with Crippen LogP contribution in [-0.2, 0) is 81.2 Å². The molecule has 0 aromatic heterocycles. The molecular weight excluding hydrogens is 1270 g/mol. The standard InChI is InChI=1S/2C21H25.2C14H14Si.2C5H5.2ClH.2Zr/c2*1-20(2,3)16-9-7-14-11-15-8-10-17(21(4,5)6)13-19(15)18(14)12-16;2*1-11-3-7-13(8-4-11)15-14-9-5-12(2)6-10-14;2*1-2-4-5-3-1;;;;/h2*7,9-10,12-13H,11H2,1-6H3;2*3-10H,1-2H3;2*1-3H,4H2;2*1H;;/q2*-1;;;2*-1;;;2*+2/p-2. The molecule has 0 unspecified atom stereocenters. The van der Waals surface area contributed by atoms with Crippen LogP contribution in [0.1, 0.15) is 163 Å². The van der Waals surface area contributed by atoms with Crippen LogP contribution >= 0.6 is 0 Å². The zero-order chi connectivity index (χ0) is 61.0. The first kappa shape index (κ1) is 72.2. The summed E-state index contributed by atoms with van der Waals surface area (Å²) >= 11 is 3.30. The molecule has 0 saturated heterocycles. The molecule has 0 amide bonds. The van der Waals surface area contributed by atoms with Gasteiger partial charge >= 0.3 is 225 Å². The average Bonchev–Trinajstić information content (AvgIpc) is 1.75. The van der Waals surface area contributed by atoms with E-state index >= 15 is 0 Å². The van der Waals surface area contributed by atoms with Crippen LogP contribution in [0.15, 0.2) is 194 Å². The van der Waals surface area contributed by atoms with Gasteiger partial charge in [-0.15, -0.1) is 24.0 Å². The van der Waals surface area contributed by atoms with Gasteiger partial charge in [0.15, 0.2) is 0 Å².